The van der Waals surface area contributed by atoms with E-state index in [-0.39, 0.29) is 76.1 Å². The predicted octanol–water partition coefficient (Wildman–Crippen LogP) is -4.18. The van der Waals surface area contributed by atoms with E-state index in [1.54, 1.807) is 34.6 Å². The zero-order chi connectivity index (χ0) is 87.5. The molecule has 0 aliphatic heterocycles. The first kappa shape index (κ1) is 102. The largest absolute Gasteiger partial charge is 0.508 e. The fourth-order valence-corrected chi connectivity index (χ4v) is 11.3. The Morgan fingerprint density at radius 3 is 1.15 bits per heavy atom. The number of carbonyl (C=O) groups is 18. The normalized spacial score (nSPS) is 15.3. The molecule has 1 aromatic rings. The molecule has 0 spiro atoms. The van der Waals surface area contributed by atoms with Gasteiger partial charge in [-0.3, -0.25) is 81.5 Å². The number of benzene rings is 1. The minimum Gasteiger partial charge on any atom is -0.508 e. The van der Waals surface area contributed by atoms with Crippen LogP contribution in [0.2, 0.25) is 0 Å². The lowest BCUT2D eigenvalue weighted by Crippen LogP contribution is -2.61. The van der Waals surface area contributed by atoms with Gasteiger partial charge in [0.15, 0.2) is 0 Å². The standard InChI is InChI=1S/C74H124N18O23/c1-12-39(7)59(72(112)82-43(11)63(103)85-49(74(114)115)22-16-19-31-77)91-66(106)48(21-15-18-30-76)84-65(105)47(20-14-17-29-75)83-62(102)42(10)81-67(107)50(32-37(3)4)87-69(109)52(34-56(97)98)89-73(113)60(40(8)13-2)92-70(110)53(35-57(99)100)88-71(111)58(38(5)6)90-54(94)36-79-61(101)41(9)80-68(108)51(33-44-23-25-45(93)26-24-44)86-64(104)46(78)27-28-55(95)96/h23-26,37-43,46-53,58-60,93H,12-22,27-36,75-78H2,1-11H3,(H,79,101)(H,80,108)(H,81,107)(H,82,112)(H,83,102)(H,84,105)(H,85,103)(H,86,104)(H,87,109)(H,88,111)(H,89,113)(H,90,94)(H,91,106)(H,92,110)(H,95,96)(H,97,98)(H,99,100)(H,114,115)/t39-,40-,41-,42-,43-,46-,47-,48-,49-,50-,51-,52-,53-,58-,59-,60-/m0/s1. The Labute approximate surface area is 668 Å². The van der Waals surface area contributed by atoms with E-state index >= 15 is 0 Å². The number of nitrogens with two attached hydrogens (primary N) is 4. The molecule has 41 heteroatoms. The number of carbonyl (C=O) groups excluding carboxylic acids is 14. The summed E-state index contributed by atoms with van der Waals surface area (Å²) in [5.74, 6) is -22.1. The summed E-state index contributed by atoms with van der Waals surface area (Å²) in [5, 5.41) is 82.7. The number of phenolic OH excluding ortho intramolecular Hbond substituents is 1. The van der Waals surface area contributed by atoms with Crippen molar-refractivity contribution in [3.05, 3.63) is 29.8 Å². The second-order valence-corrected chi connectivity index (χ2v) is 29.3. The van der Waals surface area contributed by atoms with Crippen molar-refractivity contribution >= 4 is 107 Å². The average Bonchev–Trinajstić information content (AvgIpc) is 0.836. The molecule has 115 heavy (non-hydrogen) atoms. The SMILES string of the molecule is CC[C@H](C)[C@H](NC(=O)[C@H](CCCCN)NC(=O)[C@H](CCCCN)NC(=O)[C@H](C)NC(=O)[C@H](CC(C)C)NC(=O)[C@H](CC(=O)O)NC(=O)[C@@H](NC(=O)[C@H](CC(=O)O)NC(=O)[C@@H](NC(=O)CNC(=O)[C@H](C)NC(=O)[C@H](Cc1ccc(O)cc1)NC(=O)[C@@H](N)CCC(=O)O)C(C)C)[C@@H](C)CC)C(=O)N[C@@H](C)C(=O)N[C@@H](CCCCN)C(=O)O. The minimum absolute atomic E-state index is 0.000482. The summed E-state index contributed by atoms with van der Waals surface area (Å²) in [6.07, 6.45) is -0.476. The van der Waals surface area contributed by atoms with E-state index in [2.05, 4.69) is 74.4 Å². The van der Waals surface area contributed by atoms with Gasteiger partial charge in [-0.2, -0.15) is 0 Å². The van der Waals surface area contributed by atoms with Gasteiger partial charge in [0.25, 0.3) is 0 Å². The summed E-state index contributed by atoms with van der Waals surface area (Å²) < 4.78 is 0. The Morgan fingerprint density at radius 1 is 0.365 bits per heavy atom. The highest BCUT2D eigenvalue weighted by atomic mass is 16.4. The number of phenols is 1. The van der Waals surface area contributed by atoms with Crippen molar-refractivity contribution in [3.63, 3.8) is 0 Å². The van der Waals surface area contributed by atoms with Crippen LogP contribution in [0.3, 0.4) is 0 Å². The van der Waals surface area contributed by atoms with E-state index in [1.165, 1.54) is 65.8 Å². The summed E-state index contributed by atoms with van der Waals surface area (Å²) in [7, 11) is 0. The van der Waals surface area contributed by atoms with Gasteiger partial charge in [-0.25, -0.2) is 4.79 Å². The first-order valence-corrected chi connectivity index (χ1v) is 38.7. The van der Waals surface area contributed by atoms with Gasteiger partial charge < -0.3 is 123 Å². The Morgan fingerprint density at radius 2 is 0.722 bits per heavy atom. The number of carboxylic acid groups (broad SMARTS) is 4. The zero-order valence-electron chi connectivity index (χ0n) is 67.4. The summed E-state index contributed by atoms with van der Waals surface area (Å²) >= 11 is 0. The lowest BCUT2D eigenvalue weighted by molar-refractivity contribution is -0.143. The number of unbranched alkanes of at least 4 members (excludes halogenated alkanes) is 3. The molecule has 0 fully saturated rings. The molecule has 1 rings (SSSR count). The zero-order valence-corrected chi connectivity index (χ0v) is 67.4. The topological polar surface area (TPSA) is 681 Å². The van der Waals surface area contributed by atoms with Crippen LogP contribution in [0.25, 0.3) is 0 Å². The molecule has 14 amide bonds. The molecular weight excluding hydrogens is 1510 g/mol. The van der Waals surface area contributed by atoms with E-state index in [4.69, 9.17) is 28.0 Å². The molecule has 1 aromatic carbocycles. The second kappa shape index (κ2) is 53.4. The molecule has 0 bridgehead atoms. The first-order chi connectivity index (χ1) is 53.9. The van der Waals surface area contributed by atoms with Crippen molar-refractivity contribution < 1.29 is 112 Å². The van der Waals surface area contributed by atoms with Crippen molar-refractivity contribution in [3.8, 4) is 5.75 Å². The monoisotopic (exact) mass is 1630 g/mol. The molecular formula is C74H124N18O23. The van der Waals surface area contributed by atoms with Crippen molar-refractivity contribution in [2.75, 3.05) is 26.2 Å². The maximum absolute atomic E-state index is 14.3. The molecule has 0 unspecified atom stereocenters. The van der Waals surface area contributed by atoms with Crippen molar-refractivity contribution in [2.24, 2.45) is 46.6 Å². The van der Waals surface area contributed by atoms with E-state index < -0.39 is 235 Å². The number of carboxylic acids is 4. The van der Waals surface area contributed by atoms with Crippen LogP contribution >= 0.6 is 0 Å². The predicted molar refractivity (Wildman–Crippen MR) is 416 cm³/mol. The summed E-state index contributed by atoms with van der Waals surface area (Å²) in [4.78, 5) is 241. The van der Waals surface area contributed by atoms with E-state index in [0.29, 0.717) is 50.6 Å². The van der Waals surface area contributed by atoms with Gasteiger partial charge in [-0.05, 0) is 152 Å². The number of amides is 14. The fourth-order valence-electron chi connectivity index (χ4n) is 11.3. The fraction of sp³-hybridized carbons (Fsp3) is 0.676. The summed E-state index contributed by atoms with van der Waals surface area (Å²) in [5.41, 5.74) is 23.4. The highest BCUT2D eigenvalue weighted by Crippen LogP contribution is 2.17. The third-order valence-electron chi connectivity index (χ3n) is 18.6. The number of hydrogen-bond donors (Lipinski definition) is 23. The highest BCUT2D eigenvalue weighted by molar-refractivity contribution is 6.01. The van der Waals surface area contributed by atoms with Crippen LogP contribution < -0.4 is 97.4 Å². The Balaban J connectivity index is 3.41. The first-order valence-electron chi connectivity index (χ1n) is 38.7. The number of nitrogens with one attached hydrogen (secondary N) is 14. The molecule has 0 aromatic heterocycles. The van der Waals surface area contributed by atoms with Crippen LogP contribution in [-0.2, 0) is 92.7 Å². The van der Waals surface area contributed by atoms with Crippen LogP contribution in [0, 0.1) is 23.7 Å². The van der Waals surface area contributed by atoms with Gasteiger partial charge in [0, 0.05) is 12.8 Å². The Bertz CT molecular complexity index is 3440. The summed E-state index contributed by atoms with van der Waals surface area (Å²) in [6.45, 7) is 16.5. The van der Waals surface area contributed by atoms with Gasteiger partial charge in [0.05, 0.1) is 25.4 Å². The van der Waals surface area contributed by atoms with Crippen LogP contribution in [-0.4, -0.2) is 243 Å². The van der Waals surface area contributed by atoms with Crippen LogP contribution in [0.4, 0.5) is 0 Å². The number of aliphatic carboxylic acids is 4. The van der Waals surface area contributed by atoms with E-state index in [9.17, 15) is 107 Å². The third kappa shape index (κ3) is 39.3. The molecule has 27 N–H and O–H groups in total. The van der Waals surface area contributed by atoms with Crippen LogP contribution in [0.1, 0.15) is 184 Å². The van der Waals surface area contributed by atoms with Gasteiger partial charge >= 0.3 is 23.9 Å². The Hall–Kier alpha value is -10.7. The molecule has 41 nitrogen and oxygen atoms in total. The van der Waals surface area contributed by atoms with E-state index in [0.717, 1.165) is 0 Å². The quantitative estimate of drug-likeness (QED) is 0.0275. The molecule has 0 saturated heterocycles. The average molecular weight is 1630 g/mol. The van der Waals surface area contributed by atoms with Gasteiger partial charge in [0.1, 0.15) is 84.3 Å². The van der Waals surface area contributed by atoms with Crippen molar-refractivity contribution in [1.82, 2.24) is 74.4 Å². The van der Waals surface area contributed by atoms with Crippen LogP contribution in [0.5, 0.6) is 5.75 Å². The molecule has 0 heterocycles. The number of rotatable bonds is 57. The highest BCUT2D eigenvalue weighted by Gasteiger charge is 2.39. The molecule has 0 saturated carbocycles. The van der Waals surface area contributed by atoms with Gasteiger partial charge in [0.2, 0.25) is 82.7 Å². The third-order valence-corrected chi connectivity index (χ3v) is 18.6. The van der Waals surface area contributed by atoms with Crippen molar-refractivity contribution in [2.45, 2.75) is 270 Å². The molecule has 0 aliphatic carbocycles. The smallest absolute Gasteiger partial charge is 0.326 e. The van der Waals surface area contributed by atoms with E-state index in [1.807, 2.05) is 0 Å². The number of aromatic hydroxyl groups is 1. The lowest BCUT2D eigenvalue weighted by atomic mass is 9.96. The van der Waals surface area contributed by atoms with Crippen LogP contribution in [0.15, 0.2) is 24.3 Å². The van der Waals surface area contributed by atoms with Crippen molar-refractivity contribution in [1.29, 1.82) is 0 Å². The van der Waals surface area contributed by atoms with Gasteiger partial charge in [-0.15, -0.1) is 0 Å². The lowest BCUT2D eigenvalue weighted by Gasteiger charge is -2.29. The maximum Gasteiger partial charge on any atom is 0.326 e. The molecule has 648 valence electrons. The molecule has 0 radical (unpaired) electrons. The minimum atomic E-state index is -1.99. The molecule has 0 aliphatic rings. The Kier molecular flexibility index (Phi) is 47.5. The maximum atomic E-state index is 14.3. The number of hydrogen-bond acceptors (Lipinski definition) is 23. The van der Waals surface area contributed by atoms with Gasteiger partial charge in [-0.1, -0.05) is 80.4 Å². The summed E-state index contributed by atoms with van der Waals surface area (Å²) in [6, 6.07) is -15.2. The molecule has 16 atom stereocenters. The second-order valence-electron chi connectivity index (χ2n) is 29.3.